The van der Waals surface area contributed by atoms with Gasteiger partial charge < -0.3 is 15.2 Å². The van der Waals surface area contributed by atoms with E-state index < -0.39 is 10.5 Å². The summed E-state index contributed by atoms with van der Waals surface area (Å²) in [4.78, 5) is 13.9. The van der Waals surface area contributed by atoms with Crippen LogP contribution in [0.25, 0.3) is 0 Å². The Kier molecular flexibility index (Phi) is 3.83. The Hall–Kier alpha value is -2.24. The van der Waals surface area contributed by atoms with Crippen molar-refractivity contribution in [3.8, 4) is 6.07 Å². The van der Waals surface area contributed by atoms with Crippen LogP contribution in [-0.2, 0) is 4.74 Å². The number of nitriles is 1. The molecule has 2 atom stereocenters. The molecular weight excluding hydrogens is 264 g/mol. The van der Waals surface area contributed by atoms with Gasteiger partial charge in [0.15, 0.2) is 0 Å². The van der Waals surface area contributed by atoms with Gasteiger partial charge in [0, 0.05) is 25.6 Å². The molecule has 106 valence electrons. The summed E-state index contributed by atoms with van der Waals surface area (Å²) in [6.07, 6.45) is 1.23. The van der Waals surface area contributed by atoms with E-state index >= 15 is 0 Å². The molecule has 1 saturated heterocycles. The number of aliphatic hydroxyl groups is 1. The minimum Gasteiger partial charge on any atom is -0.385 e. The van der Waals surface area contributed by atoms with Gasteiger partial charge in [-0.25, -0.2) is 4.98 Å². The molecule has 1 fully saturated rings. The lowest BCUT2D eigenvalue weighted by atomic mass is 9.97. The Morgan fingerprint density at radius 2 is 2.55 bits per heavy atom. The average Bonchev–Trinajstić information content (AvgIpc) is 2.76. The number of aromatic nitrogens is 1. The minimum absolute atomic E-state index is 0.0642. The van der Waals surface area contributed by atoms with Gasteiger partial charge in [0.05, 0.1) is 11.0 Å². The van der Waals surface area contributed by atoms with E-state index in [9.17, 15) is 15.2 Å². The number of nitrogens with one attached hydrogen (secondary N) is 1. The summed E-state index contributed by atoms with van der Waals surface area (Å²) in [6, 6.07) is 2.99. The van der Waals surface area contributed by atoms with Crippen molar-refractivity contribution in [2.24, 2.45) is 0 Å². The van der Waals surface area contributed by atoms with E-state index in [1.54, 1.807) is 6.92 Å². The molecule has 0 aromatic carbocycles. The molecule has 8 nitrogen and oxygen atoms in total. The highest BCUT2D eigenvalue weighted by Gasteiger charge is 2.39. The van der Waals surface area contributed by atoms with Crippen molar-refractivity contribution in [3.05, 3.63) is 27.9 Å². The van der Waals surface area contributed by atoms with Crippen LogP contribution in [0.1, 0.15) is 18.9 Å². The van der Waals surface area contributed by atoms with E-state index in [1.807, 2.05) is 6.07 Å². The van der Waals surface area contributed by atoms with Gasteiger partial charge in [-0.05, 0) is 6.92 Å². The number of ether oxygens (including phenoxy) is 1. The lowest BCUT2D eigenvalue weighted by Crippen LogP contribution is -2.43. The Morgan fingerprint density at radius 3 is 3.10 bits per heavy atom. The predicted octanol–water partition coefficient (Wildman–Crippen LogP) is 0.813. The van der Waals surface area contributed by atoms with Gasteiger partial charge in [-0.3, -0.25) is 10.1 Å². The Labute approximate surface area is 115 Å². The normalized spacial score (nSPS) is 25.1. The van der Waals surface area contributed by atoms with Crippen molar-refractivity contribution in [2.75, 3.05) is 18.5 Å². The topological polar surface area (TPSA) is 121 Å². The lowest BCUT2D eigenvalue weighted by Gasteiger charge is -2.26. The molecule has 0 aliphatic carbocycles. The zero-order valence-electron chi connectivity index (χ0n) is 10.9. The fourth-order valence-corrected chi connectivity index (χ4v) is 2.02. The minimum atomic E-state index is -1.03. The van der Waals surface area contributed by atoms with Crippen LogP contribution in [0.3, 0.4) is 0 Å². The SMILES string of the molecule is CC1OCCC1(O)CNc1ncc([N+](=O)[O-])cc1C#N. The maximum atomic E-state index is 10.6. The van der Waals surface area contributed by atoms with E-state index in [0.717, 1.165) is 12.3 Å². The molecule has 20 heavy (non-hydrogen) atoms. The first-order valence-corrected chi connectivity index (χ1v) is 6.08. The van der Waals surface area contributed by atoms with Gasteiger partial charge in [-0.15, -0.1) is 0 Å². The third-order valence-electron chi connectivity index (χ3n) is 3.43. The molecule has 0 radical (unpaired) electrons. The Morgan fingerprint density at radius 1 is 1.80 bits per heavy atom. The molecular formula is C12H14N4O4. The number of pyridine rings is 1. The molecule has 0 saturated carbocycles. The van der Waals surface area contributed by atoms with Crippen molar-refractivity contribution >= 4 is 11.5 Å². The van der Waals surface area contributed by atoms with Crippen LogP contribution >= 0.6 is 0 Å². The number of anilines is 1. The van der Waals surface area contributed by atoms with E-state index in [2.05, 4.69) is 10.3 Å². The number of hydrogen-bond acceptors (Lipinski definition) is 7. The third kappa shape index (κ3) is 2.68. The summed E-state index contributed by atoms with van der Waals surface area (Å²) < 4.78 is 5.30. The number of nitro groups is 1. The third-order valence-corrected chi connectivity index (χ3v) is 3.43. The van der Waals surface area contributed by atoms with Crippen LogP contribution in [0.2, 0.25) is 0 Å². The summed E-state index contributed by atoms with van der Waals surface area (Å²) in [5.74, 6) is 0.214. The molecule has 2 N–H and O–H groups in total. The second kappa shape index (κ2) is 5.40. The van der Waals surface area contributed by atoms with Crippen LogP contribution in [-0.4, -0.2) is 39.9 Å². The molecule has 2 rings (SSSR count). The molecule has 2 unspecified atom stereocenters. The molecule has 0 amide bonds. The summed E-state index contributed by atoms with van der Waals surface area (Å²) in [6.45, 7) is 2.40. The highest BCUT2D eigenvalue weighted by molar-refractivity contribution is 5.55. The van der Waals surface area contributed by atoms with Crippen LogP contribution in [0.5, 0.6) is 0 Å². The number of hydrogen-bond donors (Lipinski definition) is 2. The van der Waals surface area contributed by atoms with Crippen molar-refractivity contribution in [1.29, 1.82) is 5.26 Å². The van der Waals surface area contributed by atoms with Gasteiger partial charge >= 0.3 is 0 Å². The van der Waals surface area contributed by atoms with Gasteiger partial charge in [0.2, 0.25) is 0 Å². The van der Waals surface area contributed by atoms with E-state index in [1.165, 1.54) is 0 Å². The quantitative estimate of drug-likeness (QED) is 0.617. The Bertz CT molecular complexity index is 571. The smallest absolute Gasteiger partial charge is 0.289 e. The zero-order chi connectivity index (χ0) is 14.8. The fraction of sp³-hybridized carbons (Fsp3) is 0.500. The summed E-state index contributed by atoms with van der Waals surface area (Å²) in [7, 11) is 0. The Balaban J connectivity index is 2.14. The highest BCUT2D eigenvalue weighted by atomic mass is 16.6. The molecule has 0 spiro atoms. The molecule has 1 aliphatic rings. The maximum absolute atomic E-state index is 10.6. The van der Waals surface area contributed by atoms with Crippen LogP contribution < -0.4 is 5.32 Å². The van der Waals surface area contributed by atoms with E-state index in [4.69, 9.17) is 10.00 Å². The van der Waals surface area contributed by atoms with Crippen molar-refractivity contribution in [1.82, 2.24) is 4.98 Å². The molecule has 0 bridgehead atoms. The fourth-order valence-electron chi connectivity index (χ4n) is 2.02. The van der Waals surface area contributed by atoms with Gasteiger partial charge in [0.1, 0.15) is 29.2 Å². The van der Waals surface area contributed by atoms with Gasteiger partial charge in [-0.2, -0.15) is 5.26 Å². The molecule has 1 aromatic heterocycles. The van der Waals surface area contributed by atoms with Crippen LogP contribution in [0.4, 0.5) is 11.5 Å². The standard InChI is InChI=1S/C12H14N4O4/c1-8-12(17,2-3-20-8)7-15-11-9(5-13)4-10(6-14-11)16(18)19/h4,6,8,17H,2-3,7H2,1H3,(H,14,15). The van der Waals surface area contributed by atoms with Crippen LogP contribution in [0, 0.1) is 21.4 Å². The van der Waals surface area contributed by atoms with Crippen molar-refractivity contribution < 1.29 is 14.8 Å². The highest BCUT2D eigenvalue weighted by Crippen LogP contribution is 2.26. The van der Waals surface area contributed by atoms with E-state index in [-0.39, 0.29) is 29.7 Å². The van der Waals surface area contributed by atoms with Crippen molar-refractivity contribution in [3.63, 3.8) is 0 Å². The predicted molar refractivity (Wildman–Crippen MR) is 69.1 cm³/mol. The second-order valence-corrected chi connectivity index (χ2v) is 4.68. The first-order chi connectivity index (χ1) is 9.46. The summed E-state index contributed by atoms with van der Waals surface area (Å²) in [5, 5.41) is 32.8. The van der Waals surface area contributed by atoms with Gasteiger partial charge in [-0.1, -0.05) is 0 Å². The first-order valence-electron chi connectivity index (χ1n) is 6.08. The molecule has 2 heterocycles. The average molecular weight is 278 g/mol. The van der Waals surface area contributed by atoms with Crippen molar-refractivity contribution in [2.45, 2.75) is 25.0 Å². The molecule has 1 aliphatic heterocycles. The maximum Gasteiger partial charge on any atom is 0.289 e. The second-order valence-electron chi connectivity index (χ2n) is 4.68. The largest absolute Gasteiger partial charge is 0.385 e. The molecule has 8 heteroatoms. The van der Waals surface area contributed by atoms with Crippen LogP contribution in [0.15, 0.2) is 12.3 Å². The first kappa shape index (κ1) is 14.2. The molecule has 1 aromatic rings. The summed E-state index contributed by atoms with van der Waals surface area (Å²) in [5.41, 5.74) is -1.21. The number of nitrogens with zero attached hydrogens (tertiary/aromatic N) is 3. The summed E-state index contributed by atoms with van der Waals surface area (Å²) >= 11 is 0. The van der Waals surface area contributed by atoms with Gasteiger partial charge in [0.25, 0.3) is 5.69 Å². The monoisotopic (exact) mass is 278 g/mol. The zero-order valence-corrected chi connectivity index (χ0v) is 10.9. The number of rotatable bonds is 4. The lowest BCUT2D eigenvalue weighted by molar-refractivity contribution is -0.385. The van der Waals surface area contributed by atoms with E-state index in [0.29, 0.717) is 13.0 Å².